The second kappa shape index (κ2) is 1.40. The van der Waals surface area contributed by atoms with E-state index in [0.29, 0.717) is 0 Å². The monoisotopic (exact) mass is 111 g/mol. The molecule has 0 atom stereocenters. The van der Waals surface area contributed by atoms with Crippen LogP contribution in [0.25, 0.3) is 0 Å². The van der Waals surface area contributed by atoms with E-state index in [4.69, 9.17) is 10.5 Å². The zero-order valence-corrected chi connectivity index (χ0v) is 2.99. The van der Waals surface area contributed by atoms with Crippen LogP contribution in [0.15, 0.2) is 0 Å². The number of carbonyl (C=O) groups is 1. The van der Waals surface area contributed by atoms with Gasteiger partial charge in [-0.2, -0.15) is 13.2 Å². The molecule has 0 aliphatic heterocycles. The molecule has 0 aromatic heterocycles. The van der Waals surface area contributed by atoms with E-state index in [2.05, 4.69) is 0 Å². The van der Waals surface area contributed by atoms with Gasteiger partial charge in [0.15, 0.2) is 0 Å². The van der Waals surface area contributed by atoms with Crippen molar-refractivity contribution in [1.82, 2.24) is 5.73 Å². The van der Waals surface area contributed by atoms with E-state index >= 15 is 0 Å². The van der Waals surface area contributed by atoms with Gasteiger partial charge in [0.25, 0.3) is 0 Å². The lowest BCUT2D eigenvalue weighted by Crippen LogP contribution is -2.22. The Balaban J connectivity index is 3.79. The molecule has 1 amide bonds. The van der Waals surface area contributed by atoms with Crippen molar-refractivity contribution in [2.75, 3.05) is 0 Å². The van der Waals surface area contributed by atoms with Gasteiger partial charge in [-0.15, -0.1) is 0 Å². The van der Waals surface area contributed by atoms with Crippen LogP contribution < -0.4 is 5.73 Å². The van der Waals surface area contributed by atoms with E-state index in [-0.39, 0.29) is 0 Å². The maximum absolute atomic E-state index is 10.6. The SMILES string of the molecule is [N]C(=O)C(F)(F)F. The van der Waals surface area contributed by atoms with E-state index in [1.54, 1.807) is 0 Å². The minimum atomic E-state index is -5.08. The van der Waals surface area contributed by atoms with Crippen LogP contribution in [-0.4, -0.2) is 12.1 Å². The normalized spacial score (nSPS) is 11.3. The van der Waals surface area contributed by atoms with Gasteiger partial charge >= 0.3 is 12.1 Å². The van der Waals surface area contributed by atoms with Gasteiger partial charge in [-0.05, 0) is 0 Å². The van der Waals surface area contributed by atoms with Crippen molar-refractivity contribution >= 4 is 5.91 Å². The largest absolute Gasteiger partial charge is 0.475 e. The van der Waals surface area contributed by atoms with Gasteiger partial charge in [-0.3, -0.25) is 4.79 Å². The highest BCUT2D eigenvalue weighted by Gasteiger charge is 2.37. The van der Waals surface area contributed by atoms with Crippen LogP contribution >= 0.6 is 0 Å². The molecule has 2 radical (unpaired) electrons. The van der Waals surface area contributed by atoms with Gasteiger partial charge in [-0.1, -0.05) is 5.73 Å². The zero-order chi connectivity index (χ0) is 6.08. The summed E-state index contributed by atoms with van der Waals surface area (Å²) in [5, 5.41) is 0. The van der Waals surface area contributed by atoms with Crippen LogP contribution in [0.4, 0.5) is 13.2 Å². The summed E-state index contributed by atoms with van der Waals surface area (Å²) < 4.78 is 31.7. The maximum Gasteiger partial charge on any atom is 0.475 e. The van der Waals surface area contributed by atoms with Crippen LogP contribution in [0.5, 0.6) is 0 Å². The van der Waals surface area contributed by atoms with Crippen molar-refractivity contribution in [1.29, 1.82) is 0 Å². The molecular formula is C2F3NO. The molecule has 0 bridgehead atoms. The average molecular weight is 111 g/mol. The first-order valence-corrected chi connectivity index (χ1v) is 1.24. The average Bonchev–Trinajstić information content (AvgIpc) is 1.31. The second-order valence-electron chi connectivity index (χ2n) is 0.803. The topological polar surface area (TPSA) is 39.4 Å². The number of hydrogen-bond acceptors (Lipinski definition) is 1. The van der Waals surface area contributed by atoms with Gasteiger partial charge in [0.2, 0.25) is 0 Å². The molecule has 2 nitrogen and oxygen atoms in total. The lowest BCUT2D eigenvalue weighted by Gasteiger charge is -1.92. The van der Waals surface area contributed by atoms with Crippen molar-refractivity contribution in [2.24, 2.45) is 0 Å². The molecule has 0 aromatic carbocycles. The first-order valence-electron chi connectivity index (χ1n) is 1.24. The van der Waals surface area contributed by atoms with E-state index in [1.165, 1.54) is 0 Å². The number of halogens is 3. The van der Waals surface area contributed by atoms with Crippen LogP contribution in [0.1, 0.15) is 0 Å². The molecule has 7 heavy (non-hydrogen) atoms. The fourth-order valence-corrected chi connectivity index (χ4v) is 0. The van der Waals surface area contributed by atoms with Crippen LogP contribution in [0.2, 0.25) is 0 Å². The third kappa shape index (κ3) is 2.02. The number of hydrogen-bond donors (Lipinski definition) is 0. The molecule has 0 aliphatic rings. The highest BCUT2D eigenvalue weighted by atomic mass is 19.4. The molecule has 0 saturated heterocycles. The maximum atomic E-state index is 10.6. The Hall–Kier alpha value is -0.740. The van der Waals surface area contributed by atoms with Gasteiger partial charge in [-0.25, -0.2) is 0 Å². The molecule has 0 saturated carbocycles. The molecule has 40 valence electrons. The van der Waals surface area contributed by atoms with Crippen LogP contribution in [0.3, 0.4) is 0 Å². The van der Waals surface area contributed by atoms with Gasteiger partial charge in [0.05, 0.1) is 0 Å². The van der Waals surface area contributed by atoms with Crippen molar-refractivity contribution in [3.8, 4) is 0 Å². The van der Waals surface area contributed by atoms with Gasteiger partial charge in [0, 0.05) is 0 Å². The summed E-state index contributed by atoms with van der Waals surface area (Å²) in [6.07, 6.45) is -5.08. The summed E-state index contributed by atoms with van der Waals surface area (Å²) >= 11 is 0. The molecule has 0 heterocycles. The molecule has 0 aliphatic carbocycles. The van der Waals surface area contributed by atoms with Crippen molar-refractivity contribution in [2.45, 2.75) is 6.18 Å². The first-order chi connectivity index (χ1) is 2.94. The lowest BCUT2D eigenvalue weighted by molar-refractivity contribution is -0.170. The summed E-state index contributed by atoms with van der Waals surface area (Å²) in [7, 11) is 0. The van der Waals surface area contributed by atoms with Gasteiger partial charge < -0.3 is 0 Å². The predicted octanol–water partition coefficient (Wildman–Crippen LogP) is 0.144. The fourth-order valence-electron chi connectivity index (χ4n) is 0. The molecule has 0 N–H and O–H groups in total. The van der Waals surface area contributed by atoms with Crippen molar-refractivity contribution in [3.63, 3.8) is 0 Å². The number of rotatable bonds is 0. The summed E-state index contributed by atoms with van der Waals surface area (Å²) in [6.45, 7) is 0. The number of amides is 1. The summed E-state index contributed by atoms with van der Waals surface area (Å²) in [4.78, 5) is 8.90. The Morgan fingerprint density at radius 2 is 1.57 bits per heavy atom. The highest BCUT2D eigenvalue weighted by molar-refractivity contribution is 5.78. The molecule has 0 rings (SSSR count). The molecule has 0 unspecified atom stereocenters. The van der Waals surface area contributed by atoms with Crippen LogP contribution in [0, 0.1) is 0 Å². The fraction of sp³-hybridized carbons (Fsp3) is 0.500. The van der Waals surface area contributed by atoms with Crippen molar-refractivity contribution < 1.29 is 18.0 Å². The van der Waals surface area contributed by atoms with Crippen molar-refractivity contribution in [3.05, 3.63) is 0 Å². The third-order valence-electron chi connectivity index (χ3n) is 0.243. The number of carbonyl (C=O) groups excluding carboxylic acids is 1. The predicted molar refractivity (Wildman–Crippen MR) is 13.2 cm³/mol. The number of alkyl halides is 3. The zero-order valence-electron chi connectivity index (χ0n) is 2.99. The molecule has 0 aromatic rings. The Labute approximate surface area is 37.1 Å². The second-order valence-corrected chi connectivity index (χ2v) is 0.803. The van der Waals surface area contributed by atoms with Gasteiger partial charge in [0.1, 0.15) is 0 Å². The lowest BCUT2D eigenvalue weighted by atomic mass is 10.6. The third-order valence-corrected chi connectivity index (χ3v) is 0.243. The standard InChI is InChI=1S/C2F3NO/c3-2(4,5)1(6)7. The molecule has 0 spiro atoms. The van der Waals surface area contributed by atoms with E-state index in [9.17, 15) is 13.2 Å². The highest BCUT2D eigenvalue weighted by Crippen LogP contribution is 2.12. The summed E-state index contributed by atoms with van der Waals surface area (Å²) in [5.74, 6) is -2.76. The Morgan fingerprint density at radius 3 is 1.57 bits per heavy atom. The Kier molecular flexibility index (Phi) is 1.25. The Bertz CT molecular complexity index is 85.4. The molecule has 0 fully saturated rings. The summed E-state index contributed by atoms with van der Waals surface area (Å²) in [5.41, 5.74) is 7.12. The van der Waals surface area contributed by atoms with Crippen LogP contribution in [-0.2, 0) is 4.79 Å². The minimum absolute atomic E-state index is 2.76. The molecular weight excluding hydrogens is 111 g/mol. The first kappa shape index (κ1) is 6.26. The quantitative estimate of drug-likeness (QED) is 0.438. The summed E-state index contributed by atoms with van der Waals surface area (Å²) in [6, 6.07) is 0. The number of nitrogens with zero attached hydrogens (tertiary/aromatic N) is 1. The Morgan fingerprint density at radius 1 is 1.43 bits per heavy atom. The minimum Gasteiger partial charge on any atom is -0.260 e. The van der Waals surface area contributed by atoms with E-state index < -0.39 is 12.1 Å². The molecule has 5 heteroatoms. The smallest absolute Gasteiger partial charge is 0.260 e. The van der Waals surface area contributed by atoms with E-state index in [1.807, 2.05) is 0 Å². The van der Waals surface area contributed by atoms with E-state index in [0.717, 1.165) is 0 Å².